The van der Waals surface area contributed by atoms with Crippen molar-refractivity contribution in [2.75, 3.05) is 32.7 Å². The van der Waals surface area contributed by atoms with Gasteiger partial charge in [0.15, 0.2) is 0 Å². The lowest BCUT2D eigenvalue weighted by atomic mass is 9.98. The second kappa shape index (κ2) is 6.53. The molecule has 1 aliphatic rings. The van der Waals surface area contributed by atoms with E-state index in [-0.39, 0.29) is 0 Å². The predicted molar refractivity (Wildman–Crippen MR) is 82.5 cm³/mol. The van der Waals surface area contributed by atoms with Crippen LogP contribution in [0, 0.1) is 0 Å². The minimum atomic E-state index is 0.367. The minimum Gasteiger partial charge on any atom is -0.300 e. The lowest BCUT2D eigenvalue weighted by Gasteiger charge is -2.43. The summed E-state index contributed by atoms with van der Waals surface area (Å²) in [4.78, 5) is 5.25. The Balaban J connectivity index is 1.75. The second-order valence-corrected chi connectivity index (χ2v) is 6.23. The van der Waals surface area contributed by atoms with Gasteiger partial charge in [0.25, 0.3) is 0 Å². The van der Waals surface area contributed by atoms with Gasteiger partial charge in [-0.2, -0.15) is 0 Å². The molecule has 1 aliphatic heterocycles. The highest BCUT2D eigenvalue weighted by Gasteiger charge is 2.27. The third kappa shape index (κ3) is 4.05. The van der Waals surface area contributed by atoms with Crippen LogP contribution in [0.15, 0.2) is 30.3 Å². The highest BCUT2D eigenvalue weighted by molar-refractivity contribution is 5.14. The van der Waals surface area contributed by atoms with E-state index in [0.29, 0.717) is 5.54 Å². The normalized spacial score (nSPS) is 18.7. The van der Waals surface area contributed by atoms with Crippen molar-refractivity contribution in [3.05, 3.63) is 35.9 Å². The quantitative estimate of drug-likeness (QED) is 0.803. The topological polar surface area (TPSA) is 6.48 Å². The SMILES string of the molecule is CCC(C)(C)N1CCN(CCc2ccccc2)CC1. The minimum absolute atomic E-state index is 0.367. The molecule has 0 radical (unpaired) electrons. The molecule has 0 N–H and O–H groups in total. The van der Waals surface area contributed by atoms with E-state index in [9.17, 15) is 0 Å². The van der Waals surface area contributed by atoms with Crippen molar-refractivity contribution in [3.63, 3.8) is 0 Å². The Morgan fingerprint density at radius 2 is 1.63 bits per heavy atom. The maximum Gasteiger partial charge on any atom is 0.0151 e. The maximum atomic E-state index is 2.64. The van der Waals surface area contributed by atoms with Gasteiger partial charge >= 0.3 is 0 Å². The average molecular weight is 260 g/mol. The van der Waals surface area contributed by atoms with Crippen LogP contribution in [0.25, 0.3) is 0 Å². The fourth-order valence-corrected chi connectivity index (χ4v) is 2.73. The molecule has 0 amide bonds. The Morgan fingerprint density at radius 3 is 2.21 bits per heavy atom. The van der Waals surface area contributed by atoms with Crippen molar-refractivity contribution in [2.45, 2.75) is 39.2 Å². The molecule has 1 heterocycles. The molecule has 0 aliphatic carbocycles. The van der Waals surface area contributed by atoms with Crippen LogP contribution < -0.4 is 0 Å². The van der Waals surface area contributed by atoms with Gasteiger partial charge in [0, 0.05) is 38.3 Å². The van der Waals surface area contributed by atoms with Gasteiger partial charge in [0.1, 0.15) is 0 Å². The highest BCUT2D eigenvalue weighted by Crippen LogP contribution is 2.20. The summed E-state index contributed by atoms with van der Waals surface area (Å²) in [5.41, 5.74) is 1.82. The molecule has 1 aromatic rings. The number of piperazine rings is 1. The van der Waals surface area contributed by atoms with Crippen LogP contribution in [-0.2, 0) is 6.42 Å². The monoisotopic (exact) mass is 260 g/mol. The first kappa shape index (κ1) is 14.5. The first-order chi connectivity index (χ1) is 9.12. The number of benzene rings is 1. The Bertz CT molecular complexity index is 364. The zero-order valence-corrected chi connectivity index (χ0v) is 12.7. The Morgan fingerprint density at radius 1 is 1.00 bits per heavy atom. The van der Waals surface area contributed by atoms with Gasteiger partial charge in [-0.25, -0.2) is 0 Å². The first-order valence-electron chi connectivity index (χ1n) is 7.63. The van der Waals surface area contributed by atoms with E-state index in [1.807, 2.05) is 0 Å². The lowest BCUT2D eigenvalue weighted by Crippen LogP contribution is -2.54. The molecule has 0 aromatic heterocycles. The number of rotatable bonds is 5. The number of hydrogen-bond donors (Lipinski definition) is 0. The van der Waals surface area contributed by atoms with Gasteiger partial charge in [0.2, 0.25) is 0 Å². The highest BCUT2D eigenvalue weighted by atomic mass is 15.3. The molecule has 1 saturated heterocycles. The Labute approximate surface area is 118 Å². The molecule has 0 atom stereocenters. The second-order valence-electron chi connectivity index (χ2n) is 6.23. The molecule has 2 nitrogen and oxygen atoms in total. The molecule has 0 saturated carbocycles. The smallest absolute Gasteiger partial charge is 0.0151 e. The third-order valence-corrected chi connectivity index (χ3v) is 4.65. The van der Waals surface area contributed by atoms with Crippen molar-refractivity contribution in [2.24, 2.45) is 0 Å². The molecule has 0 bridgehead atoms. The number of hydrogen-bond acceptors (Lipinski definition) is 2. The summed E-state index contributed by atoms with van der Waals surface area (Å²) in [6.45, 7) is 13.1. The molecule has 19 heavy (non-hydrogen) atoms. The van der Waals surface area contributed by atoms with Gasteiger partial charge in [-0.15, -0.1) is 0 Å². The summed E-state index contributed by atoms with van der Waals surface area (Å²) in [6, 6.07) is 10.8. The molecule has 2 rings (SSSR count). The van der Waals surface area contributed by atoms with Crippen LogP contribution in [0.4, 0.5) is 0 Å². The van der Waals surface area contributed by atoms with E-state index in [2.05, 4.69) is 60.9 Å². The lowest BCUT2D eigenvalue weighted by molar-refractivity contribution is 0.0505. The van der Waals surface area contributed by atoms with Gasteiger partial charge in [-0.1, -0.05) is 37.3 Å². The zero-order chi connectivity index (χ0) is 13.7. The molecule has 2 heteroatoms. The molecular weight excluding hydrogens is 232 g/mol. The zero-order valence-electron chi connectivity index (χ0n) is 12.7. The summed E-state index contributed by atoms with van der Waals surface area (Å²) in [6.07, 6.45) is 2.41. The first-order valence-corrected chi connectivity index (χ1v) is 7.63. The van der Waals surface area contributed by atoms with Gasteiger partial charge in [0.05, 0.1) is 0 Å². The van der Waals surface area contributed by atoms with Gasteiger partial charge in [-0.3, -0.25) is 4.90 Å². The standard InChI is InChI=1S/C17H28N2/c1-4-17(2,3)19-14-12-18(13-15-19)11-10-16-8-6-5-7-9-16/h5-9H,4,10-15H2,1-3H3. The van der Waals surface area contributed by atoms with Crippen LogP contribution in [0.1, 0.15) is 32.8 Å². The third-order valence-electron chi connectivity index (χ3n) is 4.65. The van der Waals surface area contributed by atoms with Crippen molar-refractivity contribution in [3.8, 4) is 0 Å². The van der Waals surface area contributed by atoms with E-state index in [1.165, 1.54) is 51.1 Å². The van der Waals surface area contributed by atoms with E-state index in [0.717, 1.165) is 0 Å². The van der Waals surface area contributed by atoms with Crippen molar-refractivity contribution >= 4 is 0 Å². The van der Waals surface area contributed by atoms with Gasteiger partial charge in [-0.05, 0) is 32.3 Å². The Kier molecular flexibility index (Phi) is 5.00. The Hall–Kier alpha value is -0.860. The van der Waals surface area contributed by atoms with Crippen molar-refractivity contribution in [1.29, 1.82) is 0 Å². The van der Waals surface area contributed by atoms with Crippen molar-refractivity contribution < 1.29 is 0 Å². The molecule has 0 unspecified atom stereocenters. The summed E-state index contributed by atoms with van der Waals surface area (Å²) in [5, 5.41) is 0. The van der Waals surface area contributed by atoms with E-state index in [4.69, 9.17) is 0 Å². The van der Waals surface area contributed by atoms with Crippen LogP contribution in [0.3, 0.4) is 0 Å². The largest absolute Gasteiger partial charge is 0.300 e. The van der Waals surface area contributed by atoms with Crippen molar-refractivity contribution in [1.82, 2.24) is 9.80 Å². The fraction of sp³-hybridized carbons (Fsp3) is 0.647. The summed E-state index contributed by atoms with van der Waals surface area (Å²) in [7, 11) is 0. The summed E-state index contributed by atoms with van der Waals surface area (Å²) in [5.74, 6) is 0. The van der Waals surface area contributed by atoms with Gasteiger partial charge < -0.3 is 4.90 Å². The molecule has 106 valence electrons. The van der Waals surface area contributed by atoms with E-state index >= 15 is 0 Å². The van der Waals surface area contributed by atoms with E-state index in [1.54, 1.807) is 0 Å². The summed E-state index contributed by atoms with van der Waals surface area (Å²) < 4.78 is 0. The molecule has 1 fully saturated rings. The fourth-order valence-electron chi connectivity index (χ4n) is 2.73. The van der Waals surface area contributed by atoms with Crippen LogP contribution >= 0.6 is 0 Å². The van der Waals surface area contributed by atoms with Crippen LogP contribution in [0.2, 0.25) is 0 Å². The molecule has 1 aromatic carbocycles. The van der Waals surface area contributed by atoms with Crippen LogP contribution in [0.5, 0.6) is 0 Å². The van der Waals surface area contributed by atoms with E-state index < -0.39 is 0 Å². The summed E-state index contributed by atoms with van der Waals surface area (Å²) >= 11 is 0. The average Bonchev–Trinajstić information content (AvgIpc) is 2.47. The predicted octanol–water partition coefficient (Wildman–Crippen LogP) is 3.04. The maximum absolute atomic E-state index is 2.64. The van der Waals surface area contributed by atoms with Crippen LogP contribution in [-0.4, -0.2) is 48.1 Å². The number of nitrogens with zero attached hydrogens (tertiary/aromatic N) is 2. The molecular formula is C17H28N2. The molecule has 0 spiro atoms.